The average molecular weight is 258 g/mol. The van der Waals surface area contributed by atoms with Crippen LogP contribution in [0.4, 0.5) is 10.2 Å². The van der Waals surface area contributed by atoms with Gasteiger partial charge >= 0.3 is 0 Å². The minimum Gasteiger partial charge on any atom is -0.486 e. The van der Waals surface area contributed by atoms with E-state index in [4.69, 9.17) is 15.8 Å². The third kappa shape index (κ3) is 2.97. The normalized spacial score (nSPS) is 9.74. The van der Waals surface area contributed by atoms with Crippen LogP contribution in [0.2, 0.25) is 0 Å². The Labute approximate surface area is 109 Å². The fourth-order valence-corrected chi connectivity index (χ4v) is 1.53. The van der Waals surface area contributed by atoms with Gasteiger partial charge in [0.15, 0.2) is 11.6 Å². The lowest BCUT2D eigenvalue weighted by atomic mass is 10.2. The molecular weight excluding hydrogens is 247 g/mol. The molecule has 5 nitrogen and oxygen atoms in total. The summed E-state index contributed by atoms with van der Waals surface area (Å²) in [6, 6.07) is 9.39. The van der Waals surface area contributed by atoms with Crippen molar-refractivity contribution in [3.05, 3.63) is 53.5 Å². The molecule has 1 aromatic carbocycles. The van der Waals surface area contributed by atoms with Crippen LogP contribution in [-0.4, -0.2) is 4.98 Å². The van der Waals surface area contributed by atoms with Gasteiger partial charge in [-0.2, -0.15) is 5.26 Å². The van der Waals surface area contributed by atoms with Gasteiger partial charge in [-0.25, -0.2) is 15.2 Å². The number of nitriles is 1. The summed E-state index contributed by atoms with van der Waals surface area (Å²) in [4.78, 5) is 4.01. The molecular formula is C13H11FN4O. The maximum absolute atomic E-state index is 13.6. The van der Waals surface area contributed by atoms with Crippen molar-refractivity contribution in [2.24, 2.45) is 5.84 Å². The highest BCUT2D eigenvalue weighted by Crippen LogP contribution is 2.20. The standard InChI is InChI=1S/C13H11FN4O/c14-11-6-9(7-15)3-4-12(11)19-8-10-2-1-5-17-13(10)18-16/h1-6H,8,16H2,(H,17,18). The van der Waals surface area contributed by atoms with Gasteiger partial charge < -0.3 is 10.2 Å². The lowest BCUT2D eigenvalue weighted by Gasteiger charge is -2.10. The molecule has 0 aliphatic heterocycles. The lowest BCUT2D eigenvalue weighted by molar-refractivity contribution is 0.290. The third-order valence-electron chi connectivity index (χ3n) is 2.47. The van der Waals surface area contributed by atoms with Crippen LogP contribution < -0.4 is 16.0 Å². The van der Waals surface area contributed by atoms with Crippen molar-refractivity contribution < 1.29 is 9.13 Å². The second kappa shape index (κ2) is 5.80. The van der Waals surface area contributed by atoms with E-state index in [1.165, 1.54) is 12.1 Å². The maximum Gasteiger partial charge on any atom is 0.166 e. The van der Waals surface area contributed by atoms with E-state index in [0.717, 1.165) is 6.07 Å². The summed E-state index contributed by atoms with van der Waals surface area (Å²) in [5, 5.41) is 8.64. The van der Waals surface area contributed by atoms with Crippen LogP contribution in [0.3, 0.4) is 0 Å². The number of rotatable bonds is 4. The van der Waals surface area contributed by atoms with E-state index < -0.39 is 5.82 Å². The molecule has 19 heavy (non-hydrogen) atoms. The van der Waals surface area contributed by atoms with Crippen molar-refractivity contribution in [2.45, 2.75) is 6.61 Å². The predicted octanol–water partition coefficient (Wildman–Crippen LogP) is 1.96. The summed E-state index contributed by atoms with van der Waals surface area (Å²) in [7, 11) is 0. The number of anilines is 1. The first kappa shape index (κ1) is 12.8. The molecule has 96 valence electrons. The molecule has 0 bridgehead atoms. The molecule has 1 aromatic heterocycles. The number of benzene rings is 1. The molecule has 1 heterocycles. The smallest absolute Gasteiger partial charge is 0.166 e. The van der Waals surface area contributed by atoms with E-state index in [9.17, 15) is 4.39 Å². The van der Waals surface area contributed by atoms with Gasteiger partial charge in [0.25, 0.3) is 0 Å². The van der Waals surface area contributed by atoms with E-state index in [2.05, 4.69) is 10.4 Å². The molecule has 0 fully saturated rings. The fourth-order valence-electron chi connectivity index (χ4n) is 1.53. The van der Waals surface area contributed by atoms with Crippen molar-refractivity contribution in [1.82, 2.24) is 4.98 Å². The maximum atomic E-state index is 13.6. The molecule has 0 radical (unpaired) electrons. The summed E-state index contributed by atoms with van der Waals surface area (Å²) in [5.41, 5.74) is 3.39. The molecule has 0 aliphatic rings. The highest BCUT2D eigenvalue weighted by atomic mass is 19.1. The zero-order valence-corrected chi connectivity index (χ0v) is 9.93. The first-order valence-corrected chi connectivity index (χ1v) is 5.47. The largest absolute Gasteiger partial charge is 0.486 e. The fraction of sp³-hybridized carbons (Fsp3) is 0.0769. The molecule has 0 saturated heterocycles. The van der Waals surface area contributed by atoms with E-state index in [-0.39, 0.29) is 17.9 Å². The van der Waals surface area contributed by atoms with Crippen molar-refractivity contribution >= 4 is 5.82 Å². The van der Waals surface area contributed by atoms with Crippen LogP contribution in [0.25, 0.3) is 0 Å². The van der Waals surface area contributed by atoms with Crippen molar-refractivity contribution in [2.75, 3.05) is 5.43 Å². The number of aromatic nitrogens is 1. The second-order valence-electron chi connectivity index (χ2n) is 3.70. The SMILES string of the molecule is N#Cc1ccc(OCc2cccnc2NN)c(F)c1. The van der Waals surface area contributed by atoms with Gasteiger partial charge in [0.2, 0.25) is 0 Å². The first-order chi connectivity index (χ1) is 9.24. The van der Waals surface area contributed by atoms with Gasteiger partial charge in [0, 0.05) is 11.8 Å². The number of nitrogens with two attached hydrogens (primary N) is 1. The van der Waals surface area contributed by atoms with Gasteiger partial charge in [-0.15, -0.1) is 0 Å². The highest BCUT2D eigenvalue weighted by molar-refractivity contribution is 5.42. The number of hydrazine groups is 1. The Kier molecular flexibility index (Phi) is 3.90. The minimum atomic E-state index is -0.579. The number of nitrogen functional groups attached to an aromatic ring is 1. The Hall–Kier alpha value is -2.65. The first-order valence-electron chi connectivity index (χ1n) is 5.47. The molecule has 0 unspecified atom stereocenters. The number of nitrogens with zero attached hydrogens (tertiary/aromatic N) is 2. The van der Waals surface area contributed by atoms with E-state index in [1.54, 1.807) is 18.3 Å². The summed E-state index contributed by atoms with van der Waals surface area (Å²) >= 11 is 0. The molecule has 6 heteroatoms. The Morgan fingerprint density at radius 3 is 2.95 bits per heavy atom. The average Bonchev–Trinajstić information content (AvgIpc) is 2.46. The Balaban J connectivity index is 2.13. The Bertz CT molecular complexity index is 624. The van der Waals surface area contributed by atoms with Crippen molar-refractivity contribution in [1.29, 1.82) is 5.26 Å². The van der Waals surface area contributed by atoms with E-state index in [0.29, 0.717) is 11.4 Å². The highest BCUT2D eigenvalue weighted by Gasteiger charge is 2.07. The molecule has 0 spiro atoms. The van der Waals surface area contributed by atoms with Crippen molar-refractivity contribution in [3.8, 4) is 11.8 Å². The molecule has 3 N–H and O–H groups in total. The molecule has 0 saturated carbocycles. The summed E-state index contributed by atoms with van der Waals surface area (Å²) < 4.78 is 18.9. The summed E-state index contributed by atoms with van der Waals surface area (Å²) in [6.07, 6.45) is 1.58. The molecule has 0 amide bonds. The van der Waals surface area contributed by atoms with E-state index >= 15 is 0 Å². The van der Waals surface area contributed by atoms with E-state index in [1.807, 2.05) is 6.07 Å². The zero-order chi connectivity index (χ0) is 13.7. The monoisotopic (exact) mass is 258 g/mol. The Morgan fingerprint density at radius 1 is 1.42 bits per heavy atom. The number of hydrogen-bond acceptors (Lipinski definition) is 5. The summed E-state index contributed by atoms with van der Waals surface area (Å²) in [5.74, 6) is 5.27. The van der Waals surface area contributed by atoms with Crippen LogP contribution in [0.1, 0.15) is 11.1 Å². The number of halogens is 1. The van der Waals surface area contributed by atoms with Crippen LogP contribution in [-0.2, 0) is 6.61 Å². The van der Waals surface area contributed by atoms with Gasteiger partial charge in [-0.3, -0.25) is 0 Å². The van der Waals surface area contributed by atoms with Gasteiger partial charge in [0.05, 0.1) is 11.6 Å². The number of ether oxygens (including phenoxy) is 1. The van der Waals surface area contributed by atoms with Gasteiger partial charge in [-0.05, 0) is 24.3 Å². The van der Waals surface area contributed by atoms with Crippen LogP contribution in [0, 0.1) is 17.1 Å². The van der Waals surface area contributed by atoms with Crippen molar-refractivity contribution in [3.63, 3.8) is 0 Å². The zero-order valence-electron chi connectivity index (χ0n) is 9.93. The molecule has 0 aliphatic carbocycles. The summed E-state index contributed by atoms with van der Waals surface area (Å²) in [6.45, 7) is 0.121. The van der Waals surface area contributed by atoms with Crippen LogP contribution in [0.5, 0.6) is 5.75 Å². The quantitative estimate of drug-likeness (QED) is 0.647. The second-order valence-corrected chi connectivity index (χ2v) is 3.70. The number of pyridine rings is 1. The molecule has 2 aromatic rings. The minimum absolute atomic E-state index is 0.0748. The lowest BCUT2D eigenvalue weighted by Crippen LogP contribution is -2.12. The topological polar surface area (TPSA) is 84.0 Å². The molecule has 0 atom stereocenters. The van der Waals surface area contributed by atoms with Gasteiger partial charge in [-0.1, -0.05) is 6.07 Å². The van der Waals surface area contributed by atoms with Gasteiger partial charge in [0.1, 0.15) is 12.4 Å². The number of hydrogen-bond donors (Lipinski definition) is 2. The number of nitrogens with one attached hydrogen (secondary N) is 1. The molecule has 2 rings (SSSR count). The van der Waals surface area contributed by atoms with Crippen LogP contribution >= 0.6 is 0 Å². The third-order valence-corrected chi connectivity index (χ3v) is 2.47. The van der Waals surface area contributed by atoms with Crippen LogP contribution in [0.15, 0.2) is 36.5 Å². The Morgan fingerprint density at radius 2 is 2.26 bits per heavy atom. The predicted molar refractivity (Wildman–Crippen MR) is 67.5 cm³/mol.